The van der Waals surface area contributed by atoms with E-state index in [0.29, 0.717) is 17.4 Å². The average Bonchev–Trinajstić information content (AvgIpc) is 2.98. The summed E-state index contributed by atoms with van der Waals surface area (Å²) in [6.07, 6.45) is 0. The highest BCUT2D eigenvalue weighted by atomic mass is 32.1. The zero-order chi connectivity index (χ0) is 19.7. The minimum absolute atomic E-state index is 0.0898. The predicted octanol–water partition coefficient (Wildman–Crippen LogP) is 3.66. The molecule has 0 fully saturated rings. The van der Waals surface area contributed by atoms with Crippen LogP contribution in [0.15, 0.2) is 26.7 Å². The van der Waals surface area contributed by atoms with Gasteiger partial charge >= 0.3 is 11.6 Å². The first-order valence-electron chi connectivity index (χ1n) is 7.43. The van der Waals surface area contributed by atoms with Gasteiger partial charge in [0.15, 0.2) is 0 Å². The molecule has 0 radical (unpaired) electrons. The first-order valence-corrected chi connectivity index (χ1v) is 8.31. The second-order valence-electron chi connectivity index (χ2n) is 5.29. The molecule has 0 unspecified atom stereocenters. The van der Waals surface area contributed by atoms with E-state index >= 15 is 0 Å². The van der Waals surface area contributed by atoms with Crippen molar-refractivity contribution in [2.45, 2.75) is 0 Å². The molecule has 2 heterocycles. The first-order chi connectivity index (χ1) is 12.8. The summed E-state index contributed by atoms with van der Waals surface area (Å²) in [5.74, 6) is -5.98. The van der Waals surface area contributed by atoms with Gasteiger partial charge in [0.25, 0.3) is 0 Å². The number of halogens is 3. The Morgan fingerprint density at radius 3 is 2.59 bits per heavy atom. The van der Waals surface area contributed by atoms with Crippen LogP contribution in [0, 0.1) is 17.5 Å². The first kappa shape index (κ1) is 18.9. The number of thiophene rings is 1. The van der Waals surface area contributed by atoms with Gasteiger partial charge in [-0.15, -0.1) is 11.3 Å². The summed E-state index contributed by atoms with van der Waals surface area (Å²) in [5, 5.41) is 9.83. The van der Waals surface area contributed by atoms with Gasteiger partial charge in [0.1, 0.15) is 35.2 Å². The Balaban J connectivity index is 2.38. The summed E-state index contributed by atoms with van der Waals surface area (Å²) >= 11 is 0.692. The Kier molecular flexibility index (Phi) is 5.19. The van der Waals surface area contributed by atoms with Crippen LogP contribution in [-0.2, 0) is 4.74 Å². The van der Waals surface area contributed by atoms with E-state index in [0.717, 1.165) is 11.4 Å². The maximum Gasteiger partial charge on any atom is 0.372 e. The van der Waals surface area contributed by atoms with Crippen molar-refractivity contribution in [2.24, 2.45) is 0 Å². The van der Waals surface area contributed by atoms with E-state index in [-0.39, 0.29) is 23.7 Å². The summed E-state index contributed by atoms with van der Waals surface area (Å²) in [6, 6.07) is 1.37. The Hall–Kier alpha value is -2.85. The molecular weight excluding hydrogens is 389 g/mol. The molecule has 0 amide bonds. The summed E-state index contributed by atoms with van der Waals surface area (Å²) in [4.78, 5) is 23.5. The van der Waals surface area contributed by atoms with Crippen molar-refractivity contribution < 1.29 is 37.0 Å². The molecule has 6 nitrogen and oxygen atoms in total. The second-order valence-corrected chi connectivity index (χ2v) is 6.17. The van der Waals surface area contributed by atoms with Gasteiger partial charge in [-0.2, -0.15) is 0 Å². The van der Waals surface area contributed by atoms with Crippen molar-refractivity contribution >= 4 is 27.4 Å². The zero-order valence-electron chi connectivity index (χ0n) is 13.7. The Morgan fingerprint density at radius 1 is 1.19 bits per heavy atom. The molecule has 27 heavy (non-hydrogen) atoms. The van der Waals surface area contributed by atoms with Gasteiger partial charge < -0.3 is 19.0 Å². The van der Waals surface area contributed by atoms with Crippen molar-refractivity contribution in [3.8, 4) is 16.9 Å². The van der Waals surface area contributed by atoms with Gasteiger partial charge in [0.05, 0.1) is 22.4 Å². The van der Waals surface area contributed by atoms with Crippen molar-refractivity contribution in [3.63, 3.8) is 0 Å². The fourth-order valence-corrected chi connectivity index (χ4v) is 3.48. The SMILES string of the molecule is COCCOc1cc(F)cc(F)c1-c1c(C(=O)O)oc(=O)c2c(F)csc12. The van der Waals surface area contributed by atoms with E-state index < -0.39 is 51.3 Å². The highest BCUT2D eigenvalue weighted by Crippen LogP contribution is 2.41. The maximum absolute atomic E-state index is 14.6. The van der Waals surface area contributed by atoms with Crippen LogP contribution in [0.1, 0.15) is 10.6 Å². The van der Waals surface area contributed by atoms with Crippen LogP contribution in [0.2, 0.25) is 0 Å². The lowest BCUT2D eigenvalue weighted by atomic mass is 10.0. The molecule has 0 aliphatic heterocycles. The van der Waals surface area contributed by atoms with E-state index in [2.05, 4.69) is 0 Å². The lowest BCUT2D eigenvalue weighted by Gasteiger charge is -2.14. The van der Waals surface area contributed by atoms with Gasteiger partial charge in [-0.05, 0) is 0 Å². The van der Waals surface area contributed by atoms with Crippen LogP contribution in [-0.4, -0.2) is 31.4 Å². The van der Waals surface area contributed by atoms with Crippen molar-refractivity contribution in [1.82, 2.24) is 0 Å². The average molecular weight is 400 g/mol. The summed E-state index contributed by atoms with van der Waals surface area (Å²) in [7, 11) is 1.39. The van der Waals surface area contributed by atoms with Crippen LogP contribution in [0.4, 0.5) is 13.2 Å². The number of hydrogen-bond donors (Lipinski definition) is 1. The quantitative estimate of drug-likeness (QED) is 0.636. The lowest BCUT2D eigenvalue weighted by Crippen LogP contribution is -2.11. The van der Waals surface area contributed by atoms with Gasteiger partial charge in [-0.1, -0.05) is 0 Å². The summed E-state index contributed by atoms with van der Waals surface area (Å²) in [5.41, 5.74) is -2.08. The number of carbonyl (C=O) groups is 1. The number of aromatic carboxylic acids is 1. The molecule has 3 aromatic rings. The molecular formula is C17H11F3O6S. The lowest BCUT2D eigenvalue weighted by molar-refractivity contribution is 0.0659. The van der Waals surface area contributed by atoms with Crippen molar-refractivity contribution in [3.05, 3.63) is 51.1 Å². The molecule has 0 bridgehead atoms. The highest BCUT2D eigenvalue weighted by molar-refractivity contribution is 7.17. The number of fused-ring (bicyclic) bond motifs is 1. The zero-order valence-corrected chi connectivity index (χ0v) is 14.5. The van der Waals surface area contributed by atoms with E-state index in [4.69, 9.17) is 13.9 Å². The molecule has 10 heteroatoms. The molecule has 0 atom stereocenters. The van der Waals surface area contributed by atoms with Crippen LogP contribution < -0.4 is 10.4 Å². The van der Waals surface area contributed by atoms with Crippen LogP contribution >= 0.6 is 11.3 Å². The van der Waals surface area contributed by atoms with E-state index in [1.165, 1.54) is 7.11 Å². The third kappa shape index (κ3) is 3.40. The van der Waals surface area contributed by atoms with Gasteiger partial charge in [0.2, 0.25) is 5.76 Å². The minimum Gasteiger partial charge on any atom is -0.490 e. The summed E-state index contributed by atoms with van der Waals surface area (Å²) < 4.78 is 56.9. The highest BCUT2D eigenvalue weighted by Gasteiger charge is 2.28. The minimum atomic E-state index is -1.68. The van der Waals surface area contributed by atoms with E-state index in [1.807, 2.05) is 0 Å². The maximum atomic E-state index is 14.6. The van der Waals surface area contributed by atoms with E-state index in [1.54, 1.807) is 0 Å². The second kappa shape index (κ2) is 7.41. The largest absolute Gasteiger partial charge is 0.490 e. The Labute approximate surface area is 153 Å². The molecule has 1 N–H and O–H groups in total. The normalized spacial score (nSPS) is 11.1. The molecule has 0 saturated carbocycles. The number of carboxylic acid groups (broad SMARTS) is 1. The molecule has 3 rings (SSSR count). The molecule has 142 valence electrons. The third-order valence-corrected chi connectivity index (χ3v) is 4.58. The monoisotopic (exact) mass is 400 g/mol. The van der Waals surface area contributed by atoms with Crippen molar-refractivity contribution in [2.75, 3.05) is 20.3 Å². The number of carboxylic acids is 1. The number of hydrogen-bond acceptors (Lipinski definition) is 6. The van der Waals surface area contributed by atoms with Crippen LogP contribution in [0.5, 0.6) is 5.75 Å². The smallest absolute Gasteiger partial charge is 0.372 e. The Bertz CT molecular complexity index is 1090. The van der Waals surface area contributed by atoms with Crippen molar-refractivity contribution in [1.29, 1.82) is 0 Å². The summed E-state index contributed by atoms with van der Waals surface area (Å²) in [6.45, 7) is 0.00377. The molecule has 1 aromatic carbocycles. The van der Waals surface area contributed by atoms with Gasteiger partial charge in [-0.3, -0.25) is 0 Å². The fraction of sp³-hybridized carbons (Fsp3) is 0.176. The number of benzene rings is 1. The predicted molar refractivity (Wildman–Crippen MR) is 90.0 cm³/mol. The molecule has 0 saturated heterocycles. The molecule has 0 aliphatic rings. The standard InChI is InChI=1S/C17H11F3O6S/c1-24-2-3-25-10-5-7(18)4-8(19)11(10)13-14(16(21)22)26-17(23)12-9(20)6-27-15(12)13/h4-6H,2-3H2,1H3,(H,21,22). The molecule has 0 spiro atoms. The third-order valence-electron chi connectivity index (χ3n) is 3.61. The number of rotatable bonds is 6. The van der Waals surface area contributed by atoms with Crippen LogP contribution in [0.25, 0.3) is 21.2 Å². The number of methoxy groups -OCH3 is 1. The van der Waals surface area contributed by atoms with Gasteiger partial charge in [-0.25, -0.2) is 22.8 Å². The molecule has 0 aliphatic carbocycles. The van der Waals surface area contributed by atoms with Gasteiger partial charge in [0, 0.05) is 24.6 Å². The number of ether oxygens (including phenoxy) is 2. The molecule has 2 aromatic heterocycles. The Morgan fingerprint density at radius 2 is 1.93 bits per heavy atom. The topological polar surface area (TPSA) is 86.0 Å². The van der Waals surface area contributed by atoms with Crippen LogP contribution in [0.3, 0.4) is 0 Å². The van der Waals surface area contributed by atoms with E-state index in [9.17, 15) is 27.9 Å². The fourth-order valence-electron chi connectivity index (χ4n) is 2.53.